The lowest BCUT2D eigenvalue weighted by molar-refractivity contribution is -0.384. The quantitative estimate of drug-likeness (QED) is 0.632. The van der Waals surface area contributed by atoms with Crippen LogP contribution in [0, 0.1) is 15.9 Å². The molecule has 1 rings (SSSR count). The molecular formula is C12H16FN3O3. The molecule has 0 aromatic heterocycles. The van der Waals surface area contributed by atoms with Gasteiger partial charge in [-0.1, -0.05) is 13.8 Å². The molecule has 3 N–H and O–H groups in total. The minimum atomic E-state index is -1.12. The predicted octanol–water partition coefficient (Wildman–Crippen LogP) is 2.19. The number of nitrogens with one attached hydrogen (secondary N) is 1. The van der Waals surface area contributed by atoms with Crippen LogP contribution in [0.3, 0.4) is 0 Å². The Morgan fingerprint density at radius 1 is 1.47 bits per heavy atom. The predicted molar refractivity (Wildman–Crippen MR) is 69.2 cm³/mol. The Labute approximate surface area is 109 Å². The van der Waals surface area contributed by atoms with E-state index in [0.29, 0.717) is 12.8 Å². The number of nitrogens with two attached hydrogens (primary N) is 1. The molecule has 0 aliphatic heterocycles. The lowest BCUT2D eigenvalue weighted by atomic mass is 9.93. The molecule has 104 valence electrons. The van der Waals surface area contributed by atoms with Crippen LogP contribution in [0.4, 0.5) is 15.8 Å². The molecule has 7 heteroatoms. The van der Waals surface area contributed by atoms with E-state index in [0.717, 1.165) is 18.2 Å². The fraction of sp³-hybridized carbons (Fsp3) is 0.417. The van der Waals surface area contributed by atoms with Crippen LogP contribution in [-0.2, 0) is 4.79 Å². The standard InChI is InChI=1S/C12H16FN3O3/c1-3-12(14,4-2)11(17)15-9-7-8(13)5-6-10(9)16(18)19/h5-7H,3-4,14H2,1-2H3,(H,15,17). The van der Waals surface area contributed by atoms with Crippen molar-refractivity contribution >= 4 is 17.3 Å². The third-order valence-corrected chi connectivity index (χ3v) is 3.12. The van der Waals surface area contributed by atoms with E-state index >= 15 is 0 Å². The number of hydrogen-bond donors (Lipinski definition) is 2. The summed E-state index contributed by atoms with van der Waals surface area (Å²) in [5.74, 6) is -1.23. The summed E-state index contributed by atoms with van der Waals surface area (Å²) in [4.78, 5) is 22.1. The summed E-state index contributed by atoms with van der Waals surface area (Å²) in [6.07, 6.45) is 0.747. The zero-order valence-electron chi connectivity index (χ0n) is 10.8. The minimum Gasteiger partial charge on any atom is -0.319 e. The number of anilines is 1. The van der Waals surface area contributed by atoms with Crippen LogP contribution < -0.4 is 11.1 Å². The van der Waals surface area contributed by atoms with E-state index in [-0.39, 0.29) is 11.4 Å². The van der Waals surface area contributed by atoms with Crippen molar-refractivity contribution in [2.75, 3.05) is 5.32 Å². The molecule has 0 aliphatic carbocycles. The molecule has 0 fully saturated rings. The third-order valence-electron chi connectivity index (χ3n) is 3.12. The first-order valence-electron chi connectivity index (χ1n) is 5.88. The van der Waals surface area contributed by atoms with Crippen molar-refractivity contribution in [1.82, 2.24) is 0 Å². The maximum Gasteiger partial charge on any atom is 0.292 e. The van der Waals surface area contributed by atoms with Gasteiger partial charge in [0.1, 0.15) is 11.5 Å². The molecular weight excluding hydrogens is 253 g/mol. The molecule has 0 radical (unpaired) electrons. The highest BCUT2D eigenvalue weighted by Gasteiger charge is 2.31. The van der Waals surface area contributed by atoms with Crippen LogP contribution in [0.1, 0.15) is 26.7 Å². The molecule has 0 saturated heterocycles. The van der Waals surface area contributed by atoms with Crippen LogP contribution in [-0.4, -0.2) is 16.4 Å². The van der Waals surface area contributed by atoms with Gasteiger partial charge in [-0.25, -0.2) is 4.39 Å². The van der Waals surface area contributed by atoms with E-state index in [4.69, 9.17) is 5.73 Å². The molecule has 1 aromatic rings. The van der Waals surface area contributed by atoms with Gasteiger partial charge in [0.25, 0.3) is 5.69 Å². The Bertz CT molecular complexity index is 501. The molecule has 6 nitrogen and oxygen atoms in total. The molecule has 0 spiro atoms. The first-order valence-corrected chi connectivity index (χ1v) is 5.88. The topological polar surface area (TPSA) is 98.3 Å². The number of nitro groups is 1. The van der Waals surface area contributed by atoms with Crippen LogP contribution in [0.25, 0.3) is 0 Å². The fourth-order valence-electron chi connectivity index (χ4n) is 1.59. The van der Waals surface area contributed by atoms with E-state index < -0.39 is 22.2 Å². The van der Waals surface area contributed by atoms with Crippen molar-refractivity contribution in [1.29, 1.82) is 0 Å². The highest BCUT2D eigenvalue weighted by Crippen LogP contribution is 2.26. The number of carbonyl (C=O) groups is 1. The van der Waals surface area contributed by atoms with Crippen molar-refractivity contribution in [3.05, 3.63) is 34.1 Å². The smallest absolute Gasteiger partial charge is 0.292 e. The van der Waals surface area contributed by atoms with Crippen molar-refractivity contribution in [2.45, 2.75) is 32.2 Å². The summed E-state index contributed by atoms with van der Waals surface area (Å²) < 4.78 is 13.1. The third kappa shape index (κ3) is 3.25. The van der Waals surface area contributed by atoms with Gasteiger partial charge >= 0.3 is 0 Å². The lowest BCUT2D eigenvalue weighted by Crippen LogP contribution is -2.50. The second kappa shape index (κ2) is 5.75. The Kier molecular flexibility index (Phi) is 4.55. The second-order valence-electron chi connectivity index (χ2n) is 4.24. The number of halogens is 1. The second-order valence-corrected chi connectivity index (χ2v) is 4.24. The van der Waals surface area contributed by atoms with E-state index in [1.165, 1.54) is 0 Å². The molecule has 0 heterocycles. The summed E-state index contributed by atoms with van der Waals surface area (Å²) in [5.41, 5.74) is 4.19. The Balaban J connectivity index is 3.08. The van der Waals surface area contributed by atoms with Crippen LogP contribution >= 0.6 is 0 Å². The van der Waals surface area contributed by atoms with Gasteiger partial charge in [-0.2, -0.15) is 0 Å². The largest absolute Gasteiger partial charge is 0.319 e. The minimum absolute atomic E-state index is 0.188. The summed E-state index contributed by atoms with van der Waals surface area (Å²) in [6, 6.07) is 2.87. The normalized spacial score (nSPS) is 11.2. The maximum atomic E-state index is 13.1. The zero-order chi connectivity index (χ0) is 14.6. The van der Waals surface area contributed by atoms with E-state index in [2.05, 4.69) is 5.32 Å². The Hall–Kier alpha value is -2.02. The number of nitro benzene ring substituents is 1. The van der Waals surface area contributed by atoms with Crippen molar-refractivity contribution in [3.63, 3.8) is 0 Å². The highest BCUT2D eigenvalue weighted by atomic mass is 19.1. The average molecular weight is 269 g/mol. The van der Waals surface area contributed by atoms with Gasteiger partial charge in [0, 0.05) is 12.1 Å². The van der Waals surface area contributed by atoms with Crippen LogP contribution in [0.2, 0.25) is 0 Å². The van der Waals surface area contributed by atoms with Gasteiger partial charge < -0.3 is 11.1 Å². The Morgan fingerprint density at radius 3 is 2.53 bits per heavy atom. The molecule has 19 heavy (non-hydrogen) atoms. The first kappa shape index (κ1) is 15.0. The number of amides is 1. The summed E-state index contributed by atoms with van der Waals surface area (Å²) >= 11 is 0. The van der Waals surface area contributed by atoms with Gasteiger partial charge in [-0.15, -0.1) is 0 Å². The van der Waals surface area contributed by atoms with E-state index in [1.54, 1.807) is 13.8 Å². The van der Waals surface area contributed by atoms with Crippen molar-refractivity contribution < 1.29 is 14.1 Å². The van der Waals surface area contributed by atoms with E-state index in [1.807, 2.05) is 0 Å². The Morgan fingerprint density at radius 2 is 2.05 bits per heavy atom. The summed E-state index contributed by atoms with van der Waals surface area (Å²) in [6.45, 7) is 3.48. The molecule has 1 amide bonds. The van der Waals surface area contributed by atoms with Crippen molar-refractivity contribution in [3.8, 4) is 0 Å². The molecule has 1 aromatic carbocycles. The average Bonchev–Trinajstić information content (AvgIpc) is 2.37. The zero-order valence-corrected chi connectivity index (χ0v) is 10.8. The molecule has 0 atom stereocenters. The highest BCUT2D eigenvalue weighted by molar-refractivity contribution is 5.99. The SMILES string of the molecule is CCC(N)(CC)C(=O)Nc1cc(F)ccc1[N+](=O)[O-]. The number of hydrogen-bond acceptors (Lipinski definition) is 4. The van der Waals surface area contributed by atoms with Gasteiger partial charge in [0.05, 0.1) is 10.5 Å². The van der Waals surface area contributed by atoms with Gasteiger partial charge in [0.15, 0.2) is 0 Å². The summed E-state index contributed by atoms with van der Waals surface area (Å²) in [5, 5.41) is 13.1. The van der Waals surface area contributed by atoms with Gasteiger partial charge in [0.2, 0.25) is 5.91 Å². The fourth-order valence-corrected chi connectivity index (χ4v) is 1.59. The van der Waals surface area contributed by atoms with Crippen LogP contribution in [0.15, 0.2) is 18.2 Å². The van der Waals surface area contributed by atoms with Crippen molar-refractivity contribution in [2.24, 2.45) is 5.73 Å². The van der Waals surface area contributed by atoms with Gasteiger partial charge in [-0.3, -0.25) is 14.9 Å². The monoisotopic (exact) mass is 269 g/mol. The molecule has 0 aliphatic rings. The number of benzene rings is 1. The van der Waals surface area contributed by atoms with Gasteiger partial charge in [-0.05, 0) is 18.9 Å². The molecule has 0 bridgehead atoms. The number of rotatable bonds is 5. The summed E-state index contributed by atoms with van der Waals surface area (Å²) in [7, 11) is 0. The van der Waals surface area contributed by atoms with E-state index in [9.17, 15) is 19.3 Å². The molecule has 0 unspecified atom stereocenters. The number of nitrogens with zero attached hydrogens (tertiary/aromatic N) is 1. The maximum absolute atomic E-state index is 13.1. The number of carbonyl (C=O) groups excluding carboxylic acids is 1. The van der Waals surface area contributed by atoms with Crippen LogP contribution in [0.5, 0.6) is 0 Å². The molecule has 0 saturated carbocycles. The first-order chi connectivity index (χ1) is 8.84. The lowest BCUT2D eigenvalue weighted by Gasteiger charge is -2.25.